The van der Waals surface area contributed by atoms with Gasteiger partial charge >= 0.3 is 0 Å². The van der Waals surface area contributed by atoms with Gasteiger partial charge in [0.2, 0.25) is 0 Å². The van der Waals surface area contributed by atoms with Crippen LogP contribution >= 0.6 is 0 Å². The van der Waals surface area contributed by atoms with E-state index in [0.29, 0.717) is 19.3 Å². The molecule has 4 aromatic rings. The molecule has 2 unspecified atom stereocenters. The number of amides is 2. The molecule has 53 heavy (non-hydrogen) atoms. The van der Waals surface area contributed by atoms with Gasteiger partial charge in [-0.1, -0.05) is 121 Å². The van der Waals surface area contributed by atoms with Crippen LogP contribution in [-0.4, -0.2) is 58.4 Å². The molecule has 8 nitrogen and oxygen atoms in total. The number of quaternary nitrogens is 2. The maximum absolute atomic E-state index is 15.2. The van der Waals surface area contributed by atoms with E-state index >= 15 is 10.4 Å². The van der Waals surface area contributed by atoms with Crippen molar-refractivity contribution in [1.29, 1.82) is 0 Å². The number of hydroxylamine groups is 6. The van der Waals surface area contributed by atoms with Crippen LogP contribution in [0, 0.1) is 22.3 Å². The maximum atomic E-state index is 15.2. The Hall–Kier alpha value is -4.34. The van der Waals surface area contributed by atoms with Gasteiger partial charge in [-0.2, -0.15) is 0 Å². The van der Waals surface area contributed by atoms with Gasteiger partial charge < -0.3 is 30.3 Å². The molecule has 8 rings (SSSR count). The molecule has 8 atom stereocenters. The molecule has 4 aromatic carbocycles. The first-order valence-corrected chi connectivity index (χ1v) is 19.8. The smallest absolute Gasteiger partial charge is 0.279 e. The van der Waals surface area contributed by atoms with Gasteiger partial charge in [-0.25, -0.2) is 0 Å². The average molecular weight is 713 g/mol. The SMILES string of the molecule is O=C(NC(c1ccccc1)c1ccccc1)[C@@H]1C[C@@H]2CCC[C@@H]2[N+]1([O-])CCC[N+]1([O-])[C@H](C(=O)NC(c2ccccc2)c2ccccc2)C[C@@H]2CCC[C@@H]21. The molecule has 2 aliphatic carbocycles. The molecule has 4 fully saturated rings. The van der Waals surface area contributed by atoms with Gasteiger partial charge in [-0.05, 0) is 47.9 Å². The molecule has 0 bridgehead atoms. The van der Waals surface area contributed by atoms with E-state index in [-0.39, 0.29) is 60.9 Å². The van der Waals surface area contributed by atoms with Crippen LogP contribution in [0.5, 0.6) is 0 Å². The largest absolute Gasteiger partial charge is 0.632 e. The van der Waals surface area contributed by atoms with E-state index in [9.17, 15) is 9.59 Å². The molecule has 4 aliphatic rings. The average Bonchev–Trinajstić information content (AvgIpc) is 3.98. The number of likely N-dealkylation sites (tertiary alicyclic amines) is 2. The fourth-order valence-electron chi connectivity index (χ4n) is 10.7. The van der Waals surface area contributed by atoms with Crippen LogP contribution in [0.4, 0.5) is 0 Å². The fourth-order valence-corrected chi connectivity index (χ4v) is 10.7. The summed E-state index contributed by atoms with van der Waals surface area (Å²) in [6.07, 6.45) is 7.09. The van der Waals surface area contributed by atoms with Gasteiger partial charge in [0.25, 0.3) is 11.8 Å². The predicted octanol–water partition coefficient (Wildman–Crippen LogP) is 7.70. The number of benzene rings is 4. The first-order valence-electron chi connectivity index (χ1n) is 19.8. The number of carbonyl (C=O) groups excluding carboxylic acids is 2. The summed E-state index contributed by atoms with van der Waals surface area (Å²) in [6.45, 7) is 0.427. The number of hydrogen-bond acceptors (Lipinski definition) is 4. The van der Waals surface area contributed by atoms with Crippen molar-refractivity contribution in [1.82, 2.24) is 10.6 Å². The highest BCUT2D eigenvalue weighted by Gasteiger charge is 2.57. The van der Waals surface area contributed by atoms with E-state index in [1.165, 1.54) is 0 Å². The Kier molecular flexibility index (Phi) is 10.2. The molecule has 0 aromatic heterocycles. The molecule has 276 valence electrons. The van der Waals surface area contributed by atoms with Crippen molar-refractivity contribution in [2.45, 2.75) is 94.0 Å². The summed E-state index contributed by atoms with van der Waals surface area (Å²) in [5.41, 5.74) is 3.88. The Morgan fingerprint density at radius 3 is 1.17 bits per heavy atom. The van der Waals surface area contributed by atoms with Gasteiger partial charge in [0.1, 0.15) is 0 Å². The number of hydrogen-bond donors (Lipinski definition) is 2. The maximum Gasteiger partial charge on any atom is 0.279 e. The second-order valence-electron chi connectivity index (χ2n) is 16.1. The lowest BCUT2D eigenvalue weighted by Crippen LogP contribution is -2.61. The summed E-state index contributed by atoms with van der Waals surface area (Å²) in [4.78, 5) is 28.6. The van der Waals surface area contributed by atoms with Crippen molar-refractivity contribution in [2.75, 3.05) is 13.1 Å². The highest BCUT2D eigenvalue weighted by atomic mass is 16.6. The summed E-state index contributed by atoms with van der Waals surface area (Å²) in [7, 11) is 0. The van der Waals surface area contributed by atoms with Gasteiger partial charge in [-0.3, -0.25) is 9.59 Å². The highest BCUT2D eigenvalue weighted by Crippen LogP contribution is 2.49. The second-order valence-corrected chi connectivity index (χ2v) is 16.1. The molecule has 0 spiro atoms. The van der Waals surface area contributed by atoms with Crippen molar-refractivity contribution in [3.63, 3.8) is 0 Å². The number of nitrogens with one attached hydrogen (secondary N) is 2. The van der Waals surface area contributed by atoms with Gasteiger partial charge in [0.15, 0.2) is 12.1 Å². The van der Waals surface area contributed by atoms with Gasteiger partial charge in [-0.15, -0.1) is 0 Å². The van der Waals surface area contributed by atoms with Crippen LogP contribution in [0.2, 0.25) is 0 Å². The van der Waals surface area contributed by atoms with Gasteiger partial charge in [0, 0.05) is 43.9 Å². The summed E-state index contributed by atoms with van der Waals surface area (Å²) in [5, 5.41) is 37.0. The lowest BCUT2D eigenvalue weighted by Gasteiger charge is -2.51. The molecule has 8 heteroatoms. The predicted molar refractivity (Wildman–Crippen MR) is 206 cm³/mol. The minimum Gasteiger partial charge on any atom is -0.632 e. The van der Waals surface area contributed by atoms with Crippen molar-refractivity contribution in [3.8, 4) is 0 Å². The van der Waals surface area contributed by atoms with Crippen molar-refractivity contribution < 1.29 is 18.9 Å². The normalized spacial score (nSPS) is 30.3. The standard InChI is InChI=1S/C45H52N4O4/c50-44(46-42(32-16-5-1-6-17-32)33-18-7-2-8-19-33)40-30-36-24-13-26-38(36)48(40,52)28-15-29-49(53)39-27-14-25-37(39)31-41(49)45(51)47-43(34-20-9-3-10-21-34)35-22-11-4-12-23-35/h1-12,16-23,36-43H,13-15,24-31H2,(H,46,50)(H,47,51)/t36-,37-,38-,39-,40-,41-,48?,49?/m0/s1. The molecule has 2 heterocycles. The second kappa shape index (κ2) is 15.2. The van der Waals surface area contributed by atoms with Crippen molar-refractivity contribution in [3.05, 3.63) is 154 Å². The Balaban J connectivity index is 1.01. The topological polar surface area (TPSA) is 104 Å². The summed E-state index contributed by atoms with van der Waals surface area (Å²) >= 11 is 0. The zero-order valence-electron chi connectivity index (χ0n) is 30.5. The Labute approximate surface area is 313 Å². The molecule has 2 aliphatic heterocycles. The van der Waals surface area contributed by atoms with Crippen LogP contribution in [0.15, 0.2) is 121 Å². The third-order valence-corrected chi connectivity index (χ3v) is 13.2. The van der Waals surface area contributed by atoms with E-state index in [0.717, 1.165) is 60.8 Å². The fraction of sp³-hybridized carbons (Fsp3) is 0.422. The molecule has 2 N–H and O–H groups in total. The number of carbonyl (C=O) groups is 2. The van der Waals surface area contributed by atoms with Crippen molar-refractivity contribution >= 4 is 11.8 Å². The lowest BCUT2D eigenvalue weighted by molar-refractivity contribution is -0.926. The lowest BCUT2D eigenvalue weighted by atomic mass is 9.97. The molecule has 2 saturated heterocycles. The Bertz CT molecular complexity index is 1630. The van der Waals surface area contributed by atoms with E-state index < -0.39 is 21.4 Å². The first kappa shape index (κ1) is 35.7. The molecule has 0 radical (unpaired) electrons. The molecule has 2 saturated carbocycles. The zero-order chi connectivity index (χ0) is 36.4. The van der Waals surface area contributed by atoms with Crippen LogP contribution in [0.1, 0.15) is 92.1 Å². The number of fused-ring (bicyclic) bond motifs is 2. The quantitative estimate of drug-likeness (QED) is 0.116. The van der Waals surface area contributed by atoms with Gasteiger partial charge in [0.05, 0.1) is 37.3 Å². The molecule has 2 amide bonds. The van der Waals surface area contributed by atoms with Crippen LogP contribution < -0.4 is 10.6 Å². The van der Waals surface area contributed by atoms with Crippen molar-refractivity contribution in [2.24, 2.45) is 11.8 Å². The number of rotatable bonds is 12. The van der Waals surface area contributed by atoms with Crippen LogP contribution in [0.3, 0.4) is 0 Å². The Morgan fingerprint density at radius 2 is 0.849 bits per heavy atom. The van der Waals surface area contributed by atoms with E-state index in [2.05, 4.69) is 10.6 Å². The van der Waals surface area contributed by atoms with E-state index in [1.807, 2.05) is 121 Å². The Morgan fingerprint density at radius 1 is 0.528 bits per heavy atom. The third-order valence-electron chi connectivity index (χ3n) is 13.2. The van der Waals surface area contributed by atoms with E-state index in [4.69, 9.17) is 0 Å². The monoisotopic (exact) mass is 712 g/mol. The van der Waals surface area contributed by atoms with Crippen LogP contribution in [0.25, 0.3) is 0 Å². The highest BCUT2D eigenvalue weighted by molar-refractivity contribution is 5.82. The first-order chi connectivity index (χ1) is 25.8. The van der Waals surface area contributed by atoms with Crippen LogP contribution in [-0.2, 0) is 9.59 Å². The summed E-state index contributed by atoms with van der Waals surface area (Å²) in [6, 6.07) is 37.3. The minimum absolute atomic E-state index is 0.132. The molecular formula is C45H52N4O4. The summed E-state index contributed by atoms with van der Waals surface area (Å²) in [5.74, 6) is 0.00603. The third kappa shape index (κ3) is 6.94. The summed E-state index contributed by atoms with van der Waals surface area (Å²) < 4.78 is -1.14. The zero-order valence-corrected chi connectivity index (χ0v) is 30.5. The molecular weight excluding hydrogens is 661 g/mol. The van der Waals surface area contributed by atoms with E-state index in [1.54, 1.807) is 0 Å². The minimum atomic E-state index is -0.727. The number of nitrogens with zero attached hydrogens (tertiary/aromatic N) is 2.